The summed E-state index contributed by atoms with van der Waals surface area (Å²) in [6.07, 6.45) is 0.735. The summed E-state index contributed by atoms with van der Waals surface area (Å²) in [5.74, 6) is -0.175. The fourth-order valence-electron chi connectivity index (χ4n) is 1.83. The van der Waals surface area contributed by atoms with Crippen LogP contribution in [0.15, 0.2) is 18.2 Å². The Kier molecular flexibility index (Phi) is 3.39. The highest BCUT2D eigenvalue weighted by Crippen LogP contribution is 2.23. The summed E-state index contributed by atoms with van der Waals surface area (Å²) >= 11 is 0. The third-order valence-electron chi connectivity index (χ3n) is 2.71. The van der Waals surface area contributed by atoms with E-state index in [2.05, 4.69) is 30.9 Å². The van der Waals surface area contributed by atoms with Crippen LogP contribution in [0.25, 0.3) is 11.4 Å². The molecule has 0 unspecified atom stereocenters. The summed E-state index contributed by atoms with van der Waals surface area (Å²) < 4.78 is 28.2. The van der Waals surface area contributed by atoms with Crippen molar-refractivity contribution in [2.24, 2.45) is 12.5 Å². The molecule has 1 aromatic carbocycles. The van der Waals surface area contributed by atoms with Crippen LogP contribution < -0.4 is 0 Å². The smallest absolute Gasteiger partial charge is 0.184 e. The van der Waals surface area contributed by atoms with Crippen LogP contribution in [0.5, 0.6) is 0 Å². The van der Waals surface area contributed by atoms with Crippen LogP contribution in [0, 0.1) is 17.0 Å². The van der Waals surface area contributed by atoms with E-state index in [4.69, 9.17) is 0 Å². The first-order chi connectivity index (χ1) is 8.76. The minimum absolute atomic E-state index is 0.0689. The number of benzene rings is 1. The molecule has 0 saturated heterocycles. The highest BCUT2D eigenvalue weighted by atomic mass is 19.1. The van der Waals surface area contributed by atoms with Gasteiger partial charge in [-0.15, -0.1) is 0 Å². The number of aromatic nitrogens is 3. The Morgan fingerprint density at radius 2 is 1.89 bits per heavy atom. The van der Waals surface area contributed by atoms with Gasteiger partial charge in [-0.1, -0.05) is 20.8 Å². The molecule has 0 atom stereocenters. The standard InChI is InChI=1S/C14H17F2N3/c1-14(2,3)8-12-17-13(18-19(12)4)10-6-5-9(15)7-11(10)16/h5-7H,8H2,1-4H3. The summed E-state index contributed by atoms with van der Waals surface area (Å²) in [7, 11) is 1.78. The summed E-state index contributed by atoms with van der Waals surface area (Å²) in [5.41, 5.74) is 0.288. The lowest BCUT2D eigenvalue weighted by Crippen LogP contribution is -2.13. The van der Waals surface area contributed by atoms with E-state index in [9.17, 15) is 8.78 Å². The fraction of sp³-hybridized carbons (Fsp3) is 0.429. The van der Waals surface area contributed by atoms with E-state index in [0.29, 0.717) is 5.82 Å². The molecule has 0 aliphatic carbocycles. The molecule has 3 nitrogen and oxygen atoms in total. The Hall–Kier alpha value is -1.78. The molecule has 0 amide bonds. The van der Waals surface area contributed by atoms with Gasteiger partial charge in [0.2, 0.25) is 0 Å². The van der Waals surface area contributed by atoms with Crippen LogP contribution in [-0.4, -0.2) is 14.8 Å². The third-order valence-corrected chi connectivity index (χ3v) is 2.71. The van der Waals surface area contributed by atoms with Crippen molar-refractivity contribution in [3.05, 3.63) is 35.7 Å². The van der Waals surface area contributed by atoms with E-state index < -0.39 is 11.6 Å². The maximum atomic E-state index is 13.7. The topological polar surface area (TPSA) is 30.7 Å². The maximum Gasteiger partial charge on any atom is 0.184 e. The first-order valence-corrected chi connectivity index (χ1v) is 6.11. The highest BCUT2D eigenvalue weighted by Gasteiger charge is 2.18. The minimum Gasteiger partial charge on any atom is -0.252 e. The molecule has 2 aromatic rings. The molecule has 0 aliphatic rings. The van der Waals surface area contributed by atoms with Crippen molar-refractivity contribution in [1.82, 2.24) is 14.8 Å². The van der Waals surface area contributed by atoms with Gasteiger partial charge in [-0.05, 0) is 17.5 Å². The van der Waals surface area contributed by atoms with Gasteiger partial charge in [-0.25, -0.2) is 13.8 Å². The van der Waals surface area contributed by atoms with Gasteiger partial charge < -0.3 is 0 Å². The zero-order chi connectivity index (χ0) is 14.2. The largest absolute Gasteiger partial charge is 0.252 e. The number of rotatable bonds is 2. The Morgan fingerprint density at radius 1 is 1.21 bits per heavy atom. The Morgan fingerprint density at radius 3 is 2.47 bits per heavy atom. The van der Waals surface area contributed by atoms with Crippen molar-refractivity contribution < 1.29 is 8.78 Å². The SMILES string of the molecule is Cn1nc(-c2ccc(F)cc2F)nc1CC(C)(C)C. The van der Waals surface area contributed by atoms with E-state index in [1.165, 1.54) is 12.1 Å². The number of aryl methyl sites for hydroxylation is 1. The van der Waals surface area contributed by atoms with E-state index in [0.717, 1.165) is 18.3 Å². The molecule has 102 valence electrons. The Balaban J connectivity index is 2.39. The minimum atomic E-state index is -0.645. The predicted molar refractivity (Wildman–Crippen MR) is 69.5 cm³/mol. The van der Waals surface area contributed by atoms with Crippen molar-refractivity contribution in [2.75, 3.05) is 0 Å². The molecule has 0 radical (unpaired) electrons. The summed E-state index contributed by atoms with van der Waals surface area (Å²) in [4.78, 5) is 4.35. The first kappa shape index (κ1) is 13.6. The van der Waals surface area contributed by atoms with E-state index >= 15 is 0 Å². The summed E-state index contributed by atoms with van der Waals surface area (Å²) in [6, 6.07) is 3.41. The summed E-state index contributed by atoms with van der Waals surface area (Å²) in [5, 5.41) is 4.20. The fourth-order valence-corrected chi connectivity index (χ4v) is 1.83. The molecule has 19 heavy (non-hydrogen) atoms. The molecule has 0 aliphatic heterocycles. The monoisotopic (exact) mass is 265 g/mol. The zero-order valence-electron chi connectivity index (χ0n) is 11.5. The van der Waals surface area contributed by atoms with Crippen LogP contribution in [0.1, 0.15) is 26.6 Å². The van der Waals surface area contributed by atoms with Gasteiger partial charge in [-0.2, -0.15) is 5.10 Å². The molecule has 0 bridgehead atoms. The molecule has 1 heterocycles. The van der Waals surface area contributed by atoms with Gasteiger partial charge in [0.15, 0.2) is 5.82 Å². The highest BCUT2D eigenvalue weighted by molar-refractivity contribution is 5.55. The molecule has 0 saturated carbocycles. The van der Waals surface area contributed by atoms with Crippen molar-refractivity contribution in [1.29, 1.82) is 0 Å². The van der Waals surface area contributed by atoms with Gasteiger partial charge in [0, 0.05) is 19.5 Å². The maximum absolute atomic E-state index is 13.7. The van der Waals surface area contributed by atoms with Gasteiger partial charge in [-0.3, -0.25) is 4.68 Å². The molecule has 0 fully saturated rings. The zero-order valence-corrected chi connectivity index (χ0v) is 11.5. The van der Waals surface area contributed by atoms with Crippen molar-refractivity contribution in [2.45, 2.75) is 27.2 Å². The van der Waals surface area contributed by atoms with Crippen LogP contribution in [0.2, 0.25) is 0 Å². The van der Waals surface area contributed by atoms with Crippen LogP contribution in [0.3, 0.4) is 0 Å². The van der Waals surface area contributed by atoms with E-state index in [1.807, 2.05) is 0 Å². The van der Waals surface area contributed by atoms with Gasteiger partial charge in [0.25, 0.3) is 0 Å². The molecule has 0 N–H and O–H groups in total. The normalized spacial score (nSPS) is 11.9. The summed E-state index contributed by atoms with van der Waals surface area (Å²) in [6.45, 7) is 6.29. The first-order valence-electron chi connectivity index (χ1n) is 6.11. The van der Waals surface area contributed by atoms with E-state index in [-0.39, 0.29) is 11.0 Å². The second-order valence-corrected chi connectivity index (χ2v) is 5.84. The molecular formula is C14H17F2N3. The van der Waals surface area contributed by atoms with Crippen molar-refractivity contribution in [3.63, 3.8) is 0 Å². The Bertz CT molecular complexity index is 597. The van der Waals surface area contributed by atoms with Crippen molar-refractivity contribution >= 4 is 0 Å². The second kappa shape index (κ2) is 4.72. The average Bonchev–Trinajstić information content (AvgIpc) is 2.57. The average molecular weight is 265 g/mol. The lowest BCUT2D eigenvalue weighted by atomic mass is 9.92. The molecule has 5 heteroatoms. The van der Waals surface area contributed by atoms with E-state index in [1.54, 1.807) is 11.7 Å². The number of nitrogens with zero attached hydrogens (tertiary/aromatic N) is 3. The van der Waals surface area contributed by atoms with Gasteiger partial charge >= 0.3 is 0 Å². The van der Waals surface area contributed by atoms with Gasteiger partial charge in [0.05, 0.1) is 5.56 Å². The lowest BCUT2D eigenvalue weighted by Gasteiger charge is -2.16. The molecule has 2 rings (SSSR count). The molecule has 0 spiro atoms. The molecular weight excluding hydrogens is 248 g/mol. The number of hydrogen-bond acceptors (Lipinski definition) is 2. The van der Waals surface area contributed by atoms with Crippen molar-refractivity contribution in [3.8, 4) is 11.4 Å². The Labute approximate surface area is 111 Å². The quantitative estimate of drug-likeness (QED) is 0.833. The number of halogens is 2. The second-order valence-electron chi connectivity index (χ2n) is 5.84. The van der Waals surface area contributed by atoms with Crippen LogP contribution in [0.4, 0.5) is 8.78 Å². The molecule has 1 aromatic heterocycles. The van der Waals surface area contributed by atoms with Gasteiger partial charge in [0.1, 0.15) is 17.5 Å². The lowest BCUT2D eigenvalue weighted by molar-refractivity contribution is 0.392. The van der Waals surface area contributed by atoms with Crippen LogP contribution in [-0.2, 0) is 13.5 Å². The predicted octanol–water partition coefficient (Wildman–Crippen LogP) is 3.35. The van der Waals surface area contributed by atoms with Crippen LogP contribution >= 0.6 is 0 Å². The third kappa shape index (κ3) is 3.16. The number of hydrogen-bond donors (Lipinski definition) is 0.